The fraction of sp³-hybridized carbons (Fsp3) is 0.143. The summed E-state index contributed by atoms with van der Waals surface area (Å²) in [5, 5.41) is 1.75. The van der Waals surface area contributed by atoms with Crippen molar-refractivity contribution in [1.29, 1.82) is 0 Å². The number of carbonyl (C=O) groups is 1. The first-order valence-electron chi connectivity index (χ1n) is 8.78. The van der Waals surface area contributed by atoms with Crippen LogP contribution in [0, 0.1) is 6.92 Å². The molecular formula is C21H16Cl2N4O2. The molecule has 0 saturated carbocycles. The van der Waals surface area contributed by atoms with Crippen molar-refractivity contribution in [2.45, 2.75) is 13.5 Å². The Labute approximate surface area is 177 Å². The minimum Gasteiger partial charge on any atom is -0.487 e. The molecule has 29 heavy (non-hydrogen) atoms. The number of nitrogens with zero attached hydrogens (tertiary/aromatic N) is 4. The lowest BCUT2D eigenvalue weighted by Crippen LogP contribution is -2.01. The minimum absolute atomic E-state index is 0.182. The number of hydrogen-bond acceptors (Lipinski definition) is 5. The largest absolute Gasteiger partial charge is 0.487 e. The van der Waals surface area contributed by atoms with E-state index in [4.69, 9.17) is 27.9 Å². The molecule has 8 heteroatoms. The maximum atomic E-state index is 11.2. The predicted molar refractivity (Wildman–Crippen MR) is 113 cm³/mol. The molecular weight excluding hydrogens is 411 g/mol. The number of carbonyl (C=O) groups excluding carboxylic acids is 1. The zero-order valence-electron chi connectivity index (χ0n) is 15.7. The second-order valence-corrected chi connectivity index (χ2v) is 7.33. The molecule has 0 radical (unpaired) electrons. The lowest BCUT2D eigenvalue weighted by atomic mass is 10.1. The van der Waals surface area contributed by atoms with E-state index in [1.165, 1.54) is 12.4 Å². The van der Waals surface area contributed by atoms with Gasteiger partial charge in [0.25, 0.3) is 0 Å². The van der Waals surface area contributed by atoms with Crippen LogP contribution in [0.1, 0.15) is 21.7 Å². The van der Waals surface area contributed by atoms with E-state index >= 15 is 0 Å². The number of aldehydes is 1. The molecule has 0 unspecified atom stereocenters. The average molecular weight is 427 g/mol. The zero-order valence-corrected chi connectivity index (χ0v) is 17.2. The molecule has 0 aliphatic heterocycles. The fourth-order valence-electron chi connectivity index (χ4n) is 3.16. The van der Waals surface area contributed by atoms with Crippen LogP contribution in [0.2, 0.25) is 10.0 Å². The first-order valence-corrected chi connectivity index (χ1v) is 9.53. The summed E-state index contributed by atoms with van der Waals surface area (Å²) in [4.78, 5) is 24.3. The van der Waals surface area contributed by atoms with E-state index in [1.807, 2.05) is 31.2 Å². The Bertz CT molecular complexity index is 1220. The molecule has 3 aromatic heterocycles. The summed E-state index contributed by atoms with van der Waals surface area (Å²) in [6.45, 7) is 2.09. The number of halogens is 2. The van der Waals surface area contributed by atoms with E-state index in [1.54, 1.807) is 17.8 Å². The Kier molecular flexibility index (Phi) is 5.22. The van der Waals surface area contributed by atoms with Crippen molar-refractivity contribution in [2.24, 2.45) is 7.05 Å². The van der Waals surface area contributed by atoms with E-state index < -0.39 is 0 Å². The van der Waals surface area contributed by atoms with Gasteiger partial charge in [-0.3, -0.25) is 9.78 Å². The van der Waals surface area contributed by atoms with Crippen LogP contribution in [0.25, 0.3) is 22.3 Å². The topological polar surface area (TPSA) is 69.9 Å². The number of aromatic nitrogens is 4. The maximum absolute atomic E-state index is 11.2. The molecule has 0 atom stereocenters. The number of hydrogen-bond donors (Lipinski definition) is 0. The standard InChI is InChI=1S/C21H16Cl2N4O2/c1-12-6-15(21-25-7-13(10-28)27(21)2)14-4-3-5-19(20(14)26-12)29-11-16-17(22)8-24-9-18(16)23/h3-10H,11H2,1-2H3. The molecule has 0 bridgehead atoms. The van der Waals surface area contributed by atoms with Gasteiger partial charge in [0.1, 0.15) is 29.4 Å². The highest BCUT2D eigenvalue weighted by Gasteiger charge is 2.16. The Morgan fingerprint density at radius 3 is 2.62 bits per heavy atom. The van der Waals surface area contributed by atoms with Gasteiger partial charge in [-0.05, 0) is 19.1 Å². The quantitative estimate of drug-likeness (QED) is 0.418. The van der Waals surface area contributed by atoms with Crippen LogP contribution in [0.4, 0.5) is 0 Å². The highest BCUT2D eigenvalue weighted by Crippen LogP contribution is 2.34. The average Bonchev–Trinajstić information content (AvgIpc) is 3.07. The van der Waals surface area contributed by atoms with Gasteiger partial charge in [0.2, 0.25) is 0 Å². The summed E-state index contributed by atoms with van der Waals surface area (Å²) in [7, 11) is 1.81. The van der Waals surface area contributed by atoms with E-state index in [9.17, 15) is 4.79 Å². The number of aryl methyl sites for hydroxylation is 1. The summed E-state index contributed by atoms with van der Waals surface area (Å²) in [6, 6.07) is 7.62. The van der Waals surface area contributed by atoms with Gasteiger partial charge in [-0.2, -0.15) is 0 Å². The third kappa shape index (κ3) is 3.57. The van der Waals surface area contributed by atoms with E-state index in [2.05, 4.69) is 15.0 Å². The van der Waals surface area contributed by atoms with Crippen molar-refractivity contribution in [3.8, 4) is 17.1 Å². The molecule has 146 valence electrons. The molecule has 1 aromatic carbocycles. The highest BCUT2D eigenvalue weighted by molar-refractivity contribution is 6.35. The van der Waals surface area contributed by atoms with Crippen molar-refractivity contribution in [3.05, 3.63) is 69.9 Å². The Morgan fingerprint density at radius 2 is 1.93 bits per heavy atom. The maximum Gasteiger partial charge on any atom is 0.168 e. The molecule has 0 aliphatic rings. The molecule has 6 nitrogen and oxygen atoms in total. The van der Waals surface area contributed by atoms with Gasteiger partial charge in [0, 0.05) is 41.6 Å². The molecule has 0 fully saturated rings. The van der Waals surface area contributed by atoms with Gasteiger partial charge in [-0.15, -0.1) is 0 Å². The van der Waals surface area contributed by atoms with Crippen LogP contribution in [-0.2, 0) is 13.7 Å². The van der Waals surface area contributed by atoms with E-state index in [-0.39, 0.29) is 6.61 Å². The Hall–Kier alpha value is -2.96. The normalized spacial score (nSPS) is 11.0. The van der Waals surface area contributed by atoms with E-state index in [0.717, 1.165) is 22.9 Å². The van der Waals surface area contributed by atoms with Crippen molar-refractivity contribution in [2.75, 3.05) is 0 Å². The highest BCUT2D eigenvalue weighted by atomic mass is 35.5. The Morgan fingerprint density at radius 1 is 1.17 bits per heavy atom. The van der Waals surface area contributed by atoms with Crippen LogP contribution in [0.15, 0.2) is 42.9 Å². The predicted octanol–water partition coefficient (Wildman–Crippen LogP) is 5.04. The van der Waals surface area contributed by atoms with Crippen LogP contribution in [0.3, 0.4) is 0 Å². The molecule has 4 aromatic rings. The number of pyridine rings is 2. The summed E-state index contributed by atoms with van der Waals surface area (Å²) < 4.78 is 7.78. The van der Waals surface area contributed by atoms with Crippen LogP contribution >= 0.6 is 23.2 Å². The van der Waals surface area contributed by atoms with Gasteiger partial charge in [0.15, 0.2) is 6.29 Å². The van der Waals surface area contributed by atoms with Crippen LogP contribution < -0.4 is 4.74 Å². The first-order chi connectivity index (χ1) is 14.0. The molecule has 0 spiro atoms. The van der Waals surface area contributed by atoms with Crippen LogP contribution in [0.5, 0.6) is 5.75 Å². The lowest BCUT2D eigenvalue weighted by Gasteiger charge is -2.13. The first kappa shape index (κ1) is 19.4. The van der Waals surface area contributed by atoms with Crippen molar-refractivity contribution in [1.82, 2.24) is 19.5 Å². The number of fused-ring (bicyclic) bond motifs is 1. The fourth-order valence-corrected chi connectivity index (χ4v) is 3.63. The Balaban J connectivity index is 1.80. The zero-order chi connectivity index (χ0) is 20.5. The molecule has 0 saturated heterocycles. The van der Waals surface area contributed by atoms with Gasteiger partial charge >= 0.3 is 0 Å². The number of benzene rings is 1. The molecule has 4 rings (SSSR count). The number of ether oxygens (including phenoxy) is 1. The summed E-state index contributed by atoms with van der Waals surface area (Å²) in [5.74, 6) is 1.28. The third-order valence-electron chi connectivity index (χ3n) is 4.64. The third-order valence-corrected chi connectivity index (χ3v) is 5.29. The summed E-state index contributed by atoms with van der Waals surface area (Å²) in [6.07, 6.45) is 5.39. The van der Waals surface area contributed by atoms with Crippen molar-refractivity contribution < 1.29 is 9.53 Å². The second-order valence-electron chi connectivity index (χ2n) is 6.52. The smallest absolute Gasteiger partial charge is 0.168 e. The van der Waals surface area contributed by atoms with Gasteiger partial charge in [-0.1, -0.05) is 35.3 Å². The summed E-state index contributed by atoms with van der Waals surface area (Å²) >= 11 is 12.4. The summed E-state index contributed by atoms with van der Waals surface area (Å²) in [5.41, 5.74) is 3.53. The lowest BCUT2D eigenvalue weighted by molar-refractivity contribution is 0.111. The SMILES string of the molecule is Cc1cc(-c2ncc(C=O)n2C)c2cccc(OCc3c(Cl)cncc3Cl)c2n1. The molecule has 0 amide bonds. The minimum atomic E-state index is 0.182. The van der Waals surface area contributed by atoms with E-state index in [0.29, 0.717) is 38.4 Å². The van der Waals surface area contributed by atoms with Crippen molar-refractivity contribution >= 4 is 40.4 Å². The van der Waals surface area contributed by atoms with Gasteiger partial charge in [0.05, 0.1) is 16.2 Å². The van der Waals surface area contributed by atoms with Crippen LogP contribution in [-0.4, -0.2) is 25.8 Å². The van der Waals surface area contributed by atoms with Crippen molar-refractivity contribution in [3.63, 3.8) is 0 Å². The molecule has 0 N–H and O–H groups in total. The number of imidazole rings is 1. The molecule has 3 heterocycles. The van der Waals surface area contributed by atoms with Gasteiger partial charge in [-0.25, -0.2) is 9.97 Å². The van der Waals surface area contributed by atoms with Gasteiger partial charge < -0.3 is 9.30 Å². The number of para-hydroxylation sites is 1. The number of rotatable bonds is 5. The molecule has 0 aliphatic carbocycles. The monoisotopic (exact) mass is 426 g/mol. The second kappa shape index (κ2) is 7.81.